The molecule has 0 saturated carbocycles. The van der Waals surface area contributed by atoms with Gasteiger partial charge in [0.1, 0.15) is 12.9 Å². The summed E-state index contributed by atoms with van der Waals surface area (Å²) in [4.78, 5) is 23.2. The summed E-state index contributed by atoms with van der Waals surface area (Å²) in [5, 5.41) is 0. The van der Waals surface area contributed by atoms with Gasteiger partial charge in [-0.1, -0.05) is 11.6 Å². The smallest absolute Gasteiger partial charge is 0.452 e. The molecule has 0 N–H and O–H groups in total. The Morgan fingerprint density at radius 1 is 1.29 bits per heavy atom. The van der Waals surface area contributed by atoms with E-state index in [0.717, 1.165) is 5.57 Å². The van der Waals surface area contributed by atoms with Crippen molar-refractivity contribution in [3.05, 3.63) is 28.8 Å². The van der Waals surface area contributed by atoms with E-state index in [4.69, 9.17) is 5.53 Å². The van der Waals surface area contributed by atoms with Crippen LogP contribution in [0.15, 0.2) is 23.3 Å². The number of nitrogens with zero attached hydrogens (tertiary/aromatic N) is 2. The van der Waals surface area contributed by atoms with Gasteiger partial charge in [0.05, 0.1) is 0 Å². The van der Waals surface area contributed by atoms with Crippen LogP contribution in [0.1, 0.15) is 26.7 Å². The van der Waals surface area contributed by atoms with Crippen LogP contribution in [0.4, 0.5) is 13.2 Å². The van der Waals surface area contributed by atoms with E-state index in [2.05, 4.69) is 4.74 Å². The zero-order valence-electron chi connectivity index (χ0n) is 11.6. The first-order valence-corrected chi connectivity index (χ1v) is 5.95. The Balaban J connectivity index is 4.39. The fraction of sp³-hybridized carbons (Fsp3) is 0.462. The lowest BCUT2D eigenvalue weighted by Crippen LogP contribution is -2.33. The predicted molar refractivity (Wildman–Crippen MR) is 68.5 cm³/mol. The summed E-state index contributed by atoms with van der Waals surface area (Å²) in [6.07, 6.45) is -0.147. The van der Waals surface area contributed by atoms with Gasteiger partial charge < -0.3 is 10.3 Å². The Labute approximate surface area is 119 Å². The number of esters is 1. The first-order chi connectivity index (χ1) is 9.72. The van der Waals surface area contributed by atoms with E-state index in [1.807, 2.05) is 4.79 Å². The molecular formula is C13H15F3N2O3. The molecular weight excluding hydrogens is 289 g/mol. The zero-order valence-corrected chi connectivity index (χ0v) is 11.6. The van der Waals surface area contributed by atoms with E-state index >= 15 is 0 Å². The average Bonchev–Trinajstić information content (AvgIpc) is 2.35. The Hall–Kier alpha value is -2.21. The predicted octanol–water partition coefficient (Wildman–Crippen LogP) is 2.63. The van der Waals surface area contributed by atoms with E-state index in [-0.39, 0.29) is 6.61 Å². The maximum atomic E-state index is 12.2. The summed E-state index contributed by atoms with van der Waals surface area (Å²) in [7, 11) is 0. The first kappa shape index (κ1) is 18.8. The van der Waals surface area contributed by atoms with Crippen LogP contribution in [-0.4, -0.2) is 35.5 Å². The van der Waals surface area contributed by atoms with E-state index in [0.29, 0.717) is 24.7 Å². The van der Waals surface area contributed by atoms with Gasteiger partial charge >= 0.3 is 17.9 Å². The lowest BCUT2D eigenvalue weighted by atomic mass is 10.1. The molecule has 0 spiro atoms. The minimum absolute atomic E-state index is 0.343. The molecule has 0 aliphatic heterocycles. The van der Waals surface area contributed by atoms with Gasteiger partial charge in [0, 0.05) is 0 Å². The first-order valence-electron chi connectivity index (χ1n) is 5.95. The number of alkyl halides is 3. The fourth-order valence-corrected chi connectivity index (χ4v) is 1.27. The number of rotatable bonds is 7. The number of aldehydes is 1. The van der Waals surface area contributed by atoms with E-state index < -0.39 is 17.9 Å². The van der Waals surface area contributed by atoms with Crippen molar-refractivity contribution in [1.82, 2.24) is 0 Å². The molecule has 5 nitrogen and oxygen atoms in total. The molecule has 0 radical (unpaired) electrons. The van der Waals surface area contributed by atoms with Gasteiger partial charge in [-0.05, 0) is 38.3 Å². The summed E-state index contributed by atoms with van der Waals surface area (Å²) in [5.41, 5.74) is 7.57. The van der Waals surface area contributed by atoms with Crippen molar-refractivity contribution in [2.24, 2.45) is 0 Å². The van der Waals surface area contributed by atoms with Crippen molar-refractivity contribution in [1.29, 1.82) is 0 Å². The van der Waals surface area contributed by atoms with Crippen molar-refractivity contribution < 1.29 is 32.3 Å². The highest BCUT2D eigenvalue weighted by atomic mass is 19.4. The van der Waals surface area contributed by atoms with Crippen molar-refractivity contribution in [3.8, 4) is 0 Å². The third-order valence-corrected chi connectivity index (χ3v) is 2.38. The van der Waals surface area contributed by atoms with E-state index in [1.54, 1.807) is 19.9 Å². The number of allylic oxidation sites excluding steroid dienone is 3. The molecule has 8 heteroatoms. The molecule has 0 aromatic heterocycles. The van der Waals surface area contributed by atoms with Crippen molar-refractivity contribution >= 4 is 18.0 Å². The van der Waals surface area contributed by atoms with Crippen LogP contribution in [0.25, 0.3) is 5.53 Å². The van der Waals surface area contributed by atoms with Gasteiger partial charge in [0.15, 0.2) is 0 Å². The Kier molecular flexibility index (Phi) is 7.93. The number of halogens is 3. The molecule has 0 aliphatic rings. The normalized spacial score (nSPS) is 12.6. The summed E-state index contributed by atoms with van der Waals surface area (Å²) >= 11 is 0. The molecule has 0 atom stereocenters. The topological polar surface area (TPSA) is 79.8 Å². The maximum absolute atomic E-state index is 12.2. The molecule has 0 aromatic carbocycles. The number of carbonyl (C=O) groups is 2. The highest BCUT2D eigenvalue weighted by Gasteiger charge is 2.51. The minimum atomic E-state index is -5.07. The summed E-state index contributed by atoms with van der Waals surface area (Å²) in [6.45, 7) is 3.00. The van der Waals surface area contributed by atoms with Gasteiger partial charge in [0.2, 0.25) is 0 Å². The highest BCUT2D eigenvalue weighted by molar-refractivity contribution is 6.36. The van der Waals surface area contributed by atoms with Crippen LogP contribution in [0.2, 0.25) is 0 Å². The van der Waals surface area contributed by atoms with Crippen molar-refractivity contribution in [2.75, 3.05) is 6.61 Å². The number of ether oxygens (including phenoxy) is 1. The van der Waals surface area contributed by atoms with Crippen LogP contribution >= 0.6 is 0 Å². The highest BCUT2D eigenvalue weighted by Crippen LogP contribution is 2.17. The lowest BCUT2D eigenvalue weighted by molar-refractivity contribution is -0.153. The minimum Gasteiger partial charge on any atom is -0.452 e. The van der Waals surface area contributed by atoms with Crippen LogP contribution in [0.5, 0.6) is 0 Å². The van der Waals surface area contributed by atoms with Gasteiger partial charge in [-0.3, -0.25) is 4.79 Å². The SMILES string of the molecule is C/C(=C\C=O)CC/C=C(\C)COC(=O)C(=[N+]=[N-])C(F)(F)F. The molecule has 0 aromatic rings. The van der Waals surface area contributed by atoms with Crippen LogP contribution in [0.3, 0.4) is 0 Å². The molecule has 0 unspecified atom stereocenters. The van der Waals surface area contributed by atoms with Gasteiger partial charge in [0.25, 0.3) is 0 Å². The summed E-state index contributed by atoms with van der Waals surface area (Å²) < 4.78 is 41.1. The van der Waals surface area contributed by atoms with Gasteiger partial charge in [-0.25, -0.2) is 4.79 Å². The second kappa shape index (κ2) is 8.86. The second-order valence-electron chi connectivity index (χ2n) is 4.26. The second-order valence-corrected chi connectivity index (χ2v) is 4.26. The third-order valence-electron chi connectivity index (χ3n) is 2.38. The fourth-order valence-electron chi connectivity index (χ4n) is 1.27. The van der Waals surface area contributed by atoms with E-state index in [1.165, 1.54) is 6.08 Å². The molecule has 0 saturated heterocycles. The molecule has 21 heavy (non-hydrogen) atoms. The summed E-state index contributed by atoms with van der Waals surface area (Å²) in [6, 6.07) is 0. The molecule has 0 bridgehead atoms. The Morgan fingerprint density at radius 3 is 2.38 bits per heavy atom. The Morgan fingerprint density at radius 2 is 1.90 bits per heavy atom. The average molecular weight is 304 g/mol. The van der Waals surface area contributed by atoms with Crippen molar-refractivity contribution in [2.45, 2.75) is 32.9 Å². The molecule has 0 aliphatic carbocycles. The number of hydrogen-bond acceptors (Lipinski definition) is 3. The molecule has 0 amide bonds. The number of carbonyl (C=O) groups excluding carboxylic acids is 2. The van der Waals surface area contributed by atoms with Crippen molar-refractivity contribution in [3.63, 3.8) is 0 Å². The van der Waals surface area contributed by atoms with Gasteiger partial charge in [-0.2, -0.15) is 18.0 Å². The largest absolute Gasteiger partial charge is 0.503 e. The molecule has 0 heterocycles. The standard InChI is InChI=1S/C13H15F3N2O3/c1-9(6-7-19)4-3-5-10(2)8-21-12(20)11(18-17)13(14,15)16/h5-7H,3-4,8H2,1-2H3/b9-6+,10-5+. The van der Waals surface area contributed by atoms with Crippen LogP contribution in [-0.2, 0) is 14.3 Å². The zero-order chi connectivity index (χ0) is 16.5. The maximum Gasteiger partial charge on any atom is 0.503 e. The van der Waals surface area contributed by atoms with Gasteiger partial charge in [-0.15, -0.1) is 0 Å². The molecule has 116 valence electrons. The Bertz CT molecular complexity index is 501. The van der Waals surface area contributed by atoms with E-state index in [9.17, 15) is 22.8 Å². The lowest BCUT2D eigenvalue weighted by Gasteiger charge is -2.04. The summed E-state index contributed by atoms with van der Waals surface area (Å²) in [5.74, 6) is -1.74. The third kappa shape index (κ3) is 7.84. The van der Waals surface area contributed by atoms with Crippen LogP contribution in [0, 0.1) is 0 Å². The molecule has 0 fully saturated rings. The monoisotopic (exact) mass is 304 g/mol. The quantitative estimate of drug-likeness (QED) is 0.138. The van der Waals surface area contributed by atoms with Crippen LogP contribution < -0.4 is 0 Å². The number of hydrogen-bond donors (Lipinski definition) is 0. The molecule has 0 rings (SSSR count).